The average Bonchev–Trinajstić information content (AvgIpc) is 2.41. The maximum Gasteiger partial charge on any atom is 0.141 e. The molecular weight excluding hydrogens is 389 g/mol. The zero-order chi connectivity index (χ0) is 14.7. The number of rotatable bonds is 4. The maximum atomic E-state index is 13.1. The summed E-state index contributed by atoms with van der Waals surface area (Å²) in [4.78, 5) is 0. The Labute approximate surface area is 134 Å². The van der Waals surface area contributed by atoms with Gasteiger partial charge < -0.3 is 10.1 Å². The van der Waals surface area contributed by atoms with Gasteiger partial charge in [0.15, 0.2) is 0 Å². The Morgan fingerprint density at radius 1 is 1.10 bits per heavy atom. The molecule has 5 heteroatoms. The van der Waals surface area contributed by atoms with Gasteiger partial charge in [-0.1, -0.05) is 22.0 Å². The van der Waals surface area contributed by atoms with Crippen LogP contribution in [0.2, 0.25) is 0 Å². The number of ether oxygens (including phenoxy) is 1. The Bertz CT molecular complexity index is 619. The van der Waals surface area contributed by atoms with Gasteiger partial charge in [0.05, 0.1) is 4.47 Å². The van der Waals surface area contributed by atoms with Crippen molar-refractivity contribution in [1.29, 1.82) is 0 Å². The van der Waals surface area contributed by atoms with Crippen molar-refractivity contribution in [3.8, 4) is 11.5 Å². The summed E-state index contributed by atoms with van der Waals surface area (Å²) in [6.07, 6.45) is 0. The Morgan fingerprint density at radius 2 is 1.85 bits per heavy atom. The fraction of sp³-hybridized carbons (Fsp3) is 0.200. The predicted octanol–water partition coefficient (Wildman–Crippen LogP) is 5.42. The molecule has 0 heterocycles. The van der Waals surface area contributed by atoms with Crippen molar-refractivity contribution in [3.05, 3.63) is 56.7 Å². The van der Waals surface area contributed by atoms with E-state index < -0.39 is 0 Å². The van der Waals surface area contributed by atoms with E-state index in [0.717, 1.165) is 15.8 Å². The molecule has 0 aliphatic rings. The van der Waals surface area contributed by atoms with E-state index in [1.807, 2.05) is 25.2 Å². The first-order valence-corrected chi connectivity index (χ1v) is 7.69. The quantitative estimate of drug-likeness (QED) is 0.736. The summed E-state index contributed by atoms with van der Waals surface area (Å²) in [5.41, 5.74) is 1.03. The summed E-state index contributed by atoms with van der Waals surface area (Å²) in [5.74, 6) is 1.00. The monoisotopic (exact) mass is 401 g/mol. The molecule has 0 fully saturated rings. The number of benzene rings is 2. The molecule has 1 atom stereocenters. The highest BCUT2D eigenvalue weighted by Gasteiger charge is 2.13. The predicted molar refractivity (Wildman–Crippen MR) is 85.8 cm³/mol. The molecule has 0 spiro atoms. The van der Waals surface area contributed by atoms with Crippen molar-refractivity contribution in [2.75, 3.05) is 7.05 Å². The van der Waals surface area contributed by atoms with E-state index >= 15 is 0 Å². The van der Waals surface area contributed by atoms with Crippen LogP contribution in [0, 0.1) is 5.82 Å². The van der Waals surface area contributed by atoms with E-state index in [4.69, 9.17) is 4.74 Å². The van der Waals surface area contributed by atoms with Crippen LogP contribution in [0.1, 0.15) is 18.5 Å². The second kappa shape index (κ2) is 6.70. The Morgan fingerprint density at radius 3 is 2.50 bits per heavy atom. The van der Waals surface area contributed by atoms with Gasteiger partial charge in [-0.05, 0) is 60.2 Å². The van der Waals surface area contributed by atoms with Gasteiger partial charge in [0, 0.05) is 16.1 Å². The molecule has 0 aliphatic carbocycles. The minimum absolute atomic E-state index is 0.150. The molecule has 0 saturated carbocycles. The van der Waals surface area contributed by atoms with Crippen LogP contribution in [0.3, 0.4) is 0 Å². The van der Waals surface area contributed by atoms with Gasteiger partial charge in [-0.15, -0.1) is 0 Å². The molecule has 1 N–H and O–H groups in total. The molecule has 1 unspecified atom stereocenters. The van der Waals surface area contributed by atoms with E-state index in [0.29, 0.717) is 10.2 Å². The molecule has 0 radical (unpaired) electrons. The molecule has 2 aromatic rings. The Balaban J connectivity index is 2.39. The van der Waals surface area contributed by atoms with E-state index in [9.17, 15) is 4.39 Å². The summed E-state index contributed by atoms with van der Waals surface area (Å²) in [5, 5.41) is 3.18. The van der Waals surface area contributed by atoms with Gasteiger partial charge in [-0.3, -0.25) is 0 Å². The number of halogens is 3. The normalized spacial score (nSPS) is 12.2. The third-order valence-electron chi connectivity index (χ3n) is 2.99. The van der Waals surface area contributed by atoms with Crippen molar-refractivity contribution < 1.29 is 9.13 Å². The highest BCUT2D eigenvalue weighted by Crippen LogP contribution is 2.35. The molecule has 0 bridgehead atoms. The molecule has 0 aliphatic heterocycles. The third-order valence-corrected chi connectivity index (χ3v) is 4.10. The largest absolute Gasteiger partial charge is 0.456 e. The van der Waals surface area contributed by atoms with Crippen molar-refractivity contribution in [3.63, 3.8) is 0 Å². The average molecular weight is 403 g/mol. The summed E-state index contributed by atoms with van der Waals surface area (Å²) < 4.78 is 20.5. The van der Waals surface area contributed by atoms with Gasteiger partial charge in [0.25, 0.3) is 0 Å². The van der Waals surface area contributed by atoms with Crippen molar-refractivity contribution in [1.82, 2.24) is 5.32 Å². The van der Waals surface area contributed by atoms with E-state index in [1.54, 1.807) is 6.07 Å². The van der Waals surface area contributed by atoms with Crippen LogP contribution < -0.4 is 10.1 Å². The lowest BCUT2D eigenvalue weighted by molar-refractivity contribution is 0.461. The second-order valence-corrected chi connectivity index (χ2v) is 6.14. The number of hydrogen-bond donors (Lipinski definition) is 1. The lowest BCUT2D eigenvalue weighted by atomic mass is 10.1. The van der Waals surface area contributed by atoms with Crippen molar-refractivity contribution in [2.45, 2.75) is 13.0 Å². The van der Waals surface area contributed by atoms with Crippen LogP contribution >= 0.6 is 31.9 Å². The van der Waals surface area contributed by atoms with Gasteiger partial charge in [0.2, 0.25) is 0 Å². The van der Waals surface area contributed by atoms with Gasteiger partial charge in [-0.2, -0.15) is 0 Å². The number of nitrogens with one attached hydrogen (secondary N) is 1. The van der Waals surface area contributed by atoms with Gasteiger partial charge in [-0.25, -0.2) is 4.39 Å². The summed E-state index contributed by atoms with van der Waals surface area (Å²) >= 11 is 6.75. The van der Waals surface area contributed by atoms with Crippen LogP contribution in [0.25, 0.3) is 0 Å². The van der Waals surface area contributed by atoms with E-state index in [1.165, 1.54) is 12.1 Å². The van der Waals surface area contributed by atoms with Crippen LogP contribution in [-0.2, 0) is 0 Å². The third kappa shape index (κ3) is 3.59. The lowest BCUT2D eigenvalue weighted by Gasteiger charge is -2.17. The fourth-order valence-corrected chi connectivity index (χ4v) is 2.56. The summed E-state index contributed by atoms with van der Waals surface area (Å²) in [6.45, 7) is 2.05. The Hall–Kier alpha value is -0.910. The molecule has 2 rings (SSSR count). The molecular formula is C15H14Br2FNO. The van der Waals surface area contributed by atoms with Crippen molar-refractivity contribution in [2.24, 2.45) is 0 Å². The van der Waals surface area contributed by atoms with Crippen LogP contribution in [0.4, 0.5) is 4.39 Å². The molecule has 106 valence electrons. The highest BCUT2D eigenvalue weighted by atomic mass is 79.9. The van der Waals surface area contributed by atoms with Gasteiger partial charge in [0.1, 0.15) is 17.3 Å². The molecule has 20 heavy (non-hydrogen) atoms. The minimum atomic E-state index is -0.303. The standard InChI is InChI=1S/C15H14Br2FNO/c1-9(19-2)12-5-3-10(16)7-15(12)20-14-6-4-11(18)8-13(14)17/h3-9,19H,1-2H3. The molecule has 0 amide bonds. The second-order valence-electron chi connectivity index (χ2n) is 4.37. The Kier molecular flexibility index (Phi) is 5.18. The zero-order valence-electron chi connectivity index (χ0n) is 11.1. The summed E-state index contributed by atoms with van der Waals surface area (Å²) in [6, 6.07) is 10.4. The number of hydrogen-bond acceptors (Lipinski definition) is 2. The van der Waals surface area contributed by atoms with Crippen molar-refractivity contribution >= 4 is 31.9 Å². The highest BCUT2D eigenvalue weighted by molar-refractivity contribution is 9.10. The first kappa shape index (κ1) is 15.5. The van der Waals surface area contributed by atoms with Crippen LogP contribution in [0.5, 0.6) is 11.5 Å². The maximum absolute atomic E-state index is 13.1. The fourth-order valence-electron chi connectivity index (χ4n) is 1.79. The topological polar surface area (TPSA) is 21.3 Å². The summed E-state index contributed by atoms with van der Waals surface area (Å²) in [7, 11) is 1.89. The molecule has 2 aromatic carbocycles. The van der Waals surface area contributed by atoms with Crippen LogP contribution in [-0.4, -0.2) is 7.05 Å². The molecule has 2 nitrogen and oxygen atoms in total. The van der Waals surface area contributed by atoms with E-state index in [2.05, 4.69) is 44.1 Å². The first-order valence-electron chi connectivity index (χ1n) is 6.11. The smallest absolute Gasteiger partial charge is 0.141 e. The SMILES string of the molecule is CNC(C)c1ccc(Br)cc1Oc1ccc(F)cc1Br. The van der Waals surface area contributed by atoms with Gasteiger partial charge >= 0.3 is 0 Å². The lowest BCUT2D eigenvalue weighted by Crippen LogP contribution is -2.13. The first-order chi connectivity index (χ1) is 9.51. The van der Waals surface area contributed by atoms with Crippen LogP contribution in [0.15, 0.2) is 45.3 Å². The minimum Gasteiger partial charge on any atom is -0.456 e. The molecule has 0 aromatic heterocycles. The zero-order valence-corrected chi connectivity index (χ0v) is 14.3. The van der Waals surface area contributed by atoms with E-state index in [-0.39, 0.29) is 11.9 Å². The molecule has 0 saturated heterocycles.